The van der Waals surface area contributed by atoms with Gasteiger partial charge in [-0.1, -0.05) is 56.7 Å². The van der Waals surface area contributed by atoms with Gasteiger partial charge in [0.05, 0.1) is 22.8 Å². The van der Waals surface area contributed by atoms with Crippen molar-refractivity contribution in [2.75, 3.05) is 7.05 Å². The highest BCUT2D eigenvalue weighted by molar-refractivity contribution is 6.02. The Morgan fingerprint density at radius 2 is 1.50 bits per heavy atom. The van der Waals surface area contributed by atoms with E-state index in [1.54, 1.807) is 52.8 Å². The molecule has 0 aromatic heterocycles. The van der Waals surface area contributed by atoms with E-state index >= 15 is 0 Å². The first kappa shape index (κ1) is 40.6. The van der Waals surface area contributed by atoms with Crippen molar-refractivity contribution in [1.29, 1.82) is 0 Å². The van der Waals surface area contributed by atoms with Crippen LogP contribution in [0, 0.1) is 5.92 Å². The lowest BCUT2D eigenvalue weighted by Crippen LogP contribution is -2.17. The maximum absolute atomic E-state index is 13.6. The molecule has 0 aliphatic carbocycles. The first-order valence-corrected chi connectivity index (χ1v) is 14.4. The van der Waals surface area contributed by atoms with Crippen LogP contribution in [-0.2, 0) is 21.9 Å². The van der Waals surface area contributed by atoms with Crippen LogP contribution in [0.4, 0.5) is 30.7 Å². The van der Waals surface area contributed by atoms with Crippen molar-refractivity contribution in [3.8, 4) is 0 Å². The quantitative estimate of drug-likeness (QED) is 0.0609. The van der Waals surface area contributed by atoms with Crippen LogP contribution in [0.15, 0.2) is 82.2 Å². The second kappa shape index (κ2) is 19.1. The van der Waals surface area contributed by atoms with E-state index in [1.807, 2.05) is 26.8 Å². The summed E-state index contributed by atoms with van der Waals surface area (Å²) in [5.74, 6) is -1.09. The molecule has 0 saturated heterocycles. The molecule has 0 bridgehead atoms. The number of allylic oxidation sites excluding steroid dienone is 8. The van der Waals surface area contributed by atoms with Crippen LogP contribution < -0.4 is 0 Å². The van der Waals surface area contributed by atoms with E-state index in [0.29, 0.717) is 36.1 Å². The molecule has 0 N–H and O–H groups in total. The van der Waals surface area contributed by atoms with Crippen LogP contribution in [-0.4, -0.2) is 24.8 Å². The third-order valence-corrected chi connectivity index (χ3v) is 6.13. The lowest BCUT2D eigenvalue weighted by molar-refractivity contribution is -0.144. The zero-order valence-electron chi connectivity index (χ0n) is 26.9. The van der Waals surface area contributed by atoms with E-state index in [4.69, 9.17) is 4.74 Å². The Labute approximate surface area is 257 Å². The molecule has 1 rings (SSSR count). The van der Waals surface area contributed by atoms with Gasteiger partial charge in [0, 0.05) is 18.7 Å². The van der Waals surface area contributed by atoms with Gasteiger partial charge in [-0.15, -0.1) is 0 Å². The minimum atomic E-state index is -4.86. The van der Waals surface area contributed by atoms with Gasteiger partial charge >= 0.3 is 18.3 Å². The molecule has 0 aliphatic rings. The monoisotopic (exact) mass is 631 g/mol. The second-order valence-electron chi connectivity index (χ2n) is 10.2. The third-order valence-electron chi connectivity index (χ3n) is 6.13. The lowest BCUT2D eigenvalue weighted by atomic mass is 9.92. The minimum Gasteiger partial charge on any atom is -0.459 e. The number of esters is 1. The summed E-state index contributed by atoms with van der Waals surface area (Å²) in [7, 11) is 1.36. The van der Waals surface area contributed by atoms with Gasteiger partial charge in [0.15, 0.2) is 0 Å². The van der Waals surface area contributed by atoms with Crippen molar-refractivity contribution in [2.45, 2.75) is 93.1 Å². The molecule has 44 heavy (non-hydrogen) atoms. The van der Waals surface area contributed by atoms with Gasteiger partial charge in [0.25, 0.3) is 0 Å². The summed E-state index contributed by atoms with van der Waals surface area (Å²) in [5, 5.41) is 0. The van der Waals surface area contributed by atoms with E-state index in [0.717, 1.165) is 12.0 Å². The molecule has 3 nitrogen and oxygen atoms in total. The van der Waals surface area contributed by atoms with Crippen molar-refractivity contribution < 1.29 is 40.3 Å². The van der Waals surface area contributed by atoms with Crippen LogP contribution in [0.5, 0.6) is 0 Å². The van der Waals surface area contributed by atoms with Crippen molar-refractivity contribution in [3.63, 3.8) is 0 Å². The fraction of sp³-hybridized carbons (Fsp3) is 0.471. The van der Waals surface area contributed by atoms with Gasteiger partial charge in [-0.05, 0) is 89.3 Å². The van der Waals surface area contributed by atoms with Crippen LogP contribution in [0.2, 0.25) is 0 Å². The average molecular weight is 632 g/mol. The molecule has 0 amide bonds. The fourth-order valence-corrected chi connectivity index (χ4v) is 3.79. The Bertz CT molecular complexity index is 1230. The van der Waals surface area contributed by atoms with Crippen molar-refractivity contribution in [1.82, 2.24) is 0 Å². The number of aliphatic imine (C=N–C) groups is 1. The van der Waals surface area contributed by atoms with Gasteiger partial charge < -0.3 is 4.74 Å². The molecule has 0 aliphatic heterocycles. The SMILES string of the molecule is C/C=C/CC(C)C(=NC)c1cc(C(F)(F)F)cc(C(F)(F)F)c1.C\C=C(F)/C=C(C=C(C)CC)/C(=C\CC)C(=O)OC(C)C. The predicted molar refractivity (Wildman–Crippen MR) is 164 cm³/mol. The summed E-state index contributed by atoms with van der Waals surface area (Å²) in [4.78, 5) is 16.1. The van der Waals surface area contributed by atoms with Crippen molar-refractivity contribution in [2.24, 2.45) is 10.9 Å². The zero-order chi connectivity index (χ0) is 34.3. The molecule has 1 atom stereocenters. The summed E-state index contributed by atoms with van der Waals surface area (Å²) in [6.07, 6.45) is 1.97. The number of benzene rings is 1. The smallest absolute Gasteiger partial charge is 0.416 e. The van der Waals surface area contributed by atoms with Crippen molar-refractivity contribution in [3.05, 3.63) is 93.9 Å². The largest absolute Gasteiger partial charge is 0.459 e. The van der Waals surface area contributed by atoms with E-state index in [2.05, 4.69) is 4.99 Å². The molecule has 0 spiro atoms. The number of carbonyl (C=O) groups excluding carboxylic acids is 1. The summed E-state index contributed by atoms with van der Waals surface area (Å²) < 4.78 is 96.2. The number of carbonyl (C=O) groups is 1. The molecule has 246 valence electrons. The van der Waals surface area contributed by atoms with E-state index in [1.165, 1.54) is 19.2 Å². The Morgan fingerprint density at radius 1 is 0.955 bits per heavy atom. The highest BCUT2D eigenvalue weighted by atomic mass is 19.4. The van der Waals surface area contributed by atoms with Crippen molar-refractivity contribution >= 4 is 11.7 Å². The molecule has 0 radical (unpaired) electrons. The number of hydrogen-bond acceptors (Lipinski definition) is 3. The standard InChI is InChI=1S/C18H27FO2.C16H17F6N/c1-7-10-17(18(20)21-13(4)5)15(11-14(6)8-2)12-16(19)9-3;1-4-5-6-10(2)14(23-3)11-7-12(15(17,18)19)9-13(8-11)16(20,21)22/h9-13H,7-8H2,1-6H3;4-5,7-10H,6H2,1-3H3/b14-11?,15-12+,16-9+,17-10+;5-4+,23-14?. The van der Waals surface area contributed by atoms with Gasteiger partial charge in [-0.3, -0.25) is 4.99 Å². The first-order valence-electron chi connectivity index (χ1n) is 14.4. The Hall–Kier alpha value is -3.43. The zero-order valence-corrected chi connectivity index (χ0v) is 26.9. The first-order chi connectivity index (χ1) is 20.4. The molecular formula is C34H44F7NO2. The normalized spacial score (nSPS) is 15.0. The van der Waals surface area contributed by atoms with Crippen LogP contribution in [0.1, 0.15) is 91.3 Å². The number of rotatable bonds is 11. The third kappa shape index (κ3) is 14.4. The number of ether oxygens (including phenoxy) is 1. The highest BCUT2D eigenvalue weighted by Gasteiger charge is 2.37. The molecule has 0 saturated carbocycles. The summed E-state index contributed by atoms with van der Waals surface area (Å²) in [6, 6.07) is 1.54. The average Bonchev–Trinajstić information content (AvgIpc) is 2.93. The van der Waals surface area contributed by atoms with Crippen LogP contribution >= 0.6 is 0 Å². The topological polar surface area (TPSA) is 38.7 Å². The lowest BCUT2D eigenvalue weighted by Gasteiger charge is -2.18. The Kier molecular flexibility index (Phi) is 17.6. The van der Waals surface area contributed by atoms with Gasteiger partial charge in [-0.2, -0.15) is 26.3 Å². The summed E-state index contributed by atoms with van der Waals surface area (Å²) in [5.41, 5.74) is -0.576. The molecule has 1 aromatic carbocycles. The van der Waals surface area contributed by atoms with Gasteiger partial charge in [0.1, 0.15) is 5.83 Å². The molecule has 10 heteroatoms. The van der Waals surface area contributed by atoms with E-state index < -0.39 is 29.4 Å². The maximum Gasteiger partial charge on any atom is 0.416 e. The minimum absolute atomic E-state index is 0.118. The molecule has 0 heterocycles. The number of nitrogens with zero attached hydrogens (tertiary/aromatic N) is 1. The molecule has 0 fully saturated rings. The number of hydrogen-bond donors (Lipinski definition) is 0. The predicted octanol–water partition coefficient (Wildman–Crippen LogP) is 11.2. The Balaban J connectivity index is 0.000000845. The highest BCUT2D eigenvalue weighted by Crippen LogP contribution is 2.37. The van der Waals surface area contributed by atoms with Crippen LogP contribution in [0.25, 0.3) is 0 Å². The molecular weight excluding hydrogens is 587 g/mol. The number of halogens is 7. The molecule has 1 unspecified atom stereocenters. The summed E-state index contributed by atoms with van der Waals surface area (Å²) >= 11 is 0. The number of alkyl halides is 6. The van der Waals surface area contributed by atoms with E-state index in [-0.39, 0.29) is 35.2 Å². The Morgan fingerprint density at radius 3 is 1.89 bits per heavy atom. The molecule has 1 aromatic rings. The summed E-state index contributed by atoms with van der Waals surface area (Å²) in [6.45, 7) is 14.6. The maximum atomic E-state index is 13.6. The van der Waals surface area contributed by atoms with E-state index in [9.17, 15) is 35.5 Å². The second-order valence-corrected chi connectivity index (χ2v) is 10.2. The van der Waals surface area contributed by atoms with Gasteiger partial charge in [0.2, 0.25) is 0 Å². The van der Waals surface area contributed by atoms with Crippen LogP contribution in [0.3, 0.4) is 0 Å². The fourth-order valence-electron chi connectivity index (χ4n) is 3.79. The van der Waals surface area contributed by atoms with Gasteiger partial charge in [-0.25, -0.2) is 9.18 Å².